The summed E-state index contributed by atoms with van der Waals surface area (Å²) in [5.74, 6) is -2.02. The van der Waals surface area contributed by atoms with Crippen molar-refractivity contribution in [3.8, 4) is 11.5 Å². The smallest absolute Gasteiger partial charge is 0.425 e. The number of halogens is 5. The van der Waals surface area contributed by atoms with Crippen molar-refractivity contribution in [2.75, 3.05) is 13.7 Å². The Labute approximate surface area is 105 Å². The molecule has 0 unspecified atom stereocenters. The zero-order valence-corrected chi connectivity index (χ0v) is 10.3. The highest BCUT2D eigenvalue weighted by atomic mass is 32.5. The highest BCUT2D eigenvalue weighted by molar-refractivity contribution is 8.42. The molecule has 0 saturated heterocycles. The summed E-state index contributed by atoms with van der Waals surface area (Å²) in [5.41, 5.74) is 0. The Kier molecular flexibility index (Phi) is 3.46. The van der Waals surface area contributed by atoms with Gasteiger partial charge >= 0.3 is 16.5 Å². The maximum atomic E-state index is 12.0. The van der Waals surface area contributed by atoms with Crippen LogP contribution in [0.4, 0.5) is 19.4 Å². The molecule has 1 aromatic rings. The van der Waals surface area contributed by atoms with E-state index in [0.717, 1.165) is 12.1 Å². The molecule has 0 heterocycles. The maximum absolute atomic E-state index is 12.0. The first-order chi connectivity index (χ1) is 8.38. The molecule has 0 aliphatic carbocycles. The van der Waals surface area contributed by atoms with Gasteiger partial charge in [0, 0.05) is 7.11 Å². The highest BCUT2D eigenvalue weighted by Crippen LogP contribution is 2.97. The number of benzene rings is 1. The Morgan fingerprint density at radius 3 is 1.95 bits per heavy atom. The van der Waals surface area contributed by atoms with Gasteiger partial charge in [0.2, 0.25) is 0 Å². The molecule has 1 rings (SSSR count). The van der Waals surface area contributed by atoms with E-state index in [1.54, 1.807) is 0 Å². The van der Waals surface area contributed by atoms with Gasteiger partial charge < -0.3 is 13.7 Å². The molecular weight excluding hydrogens is 299 g/mol. The molecule has 0 fully saturated rings. The van der Waals surface area contributed by atoms with E-state index in [9.17, 15) is 24.2 Å². The van der Waals surface area contributed by atoms with Crippen LogP contribution < -0.4 is 8.92 Å². The van der Waals surface area contributed by atoms with E-state index in [2.05, 4.69) is 13.7 Å². The summed E-state index contributed by atoms with van der Waals surface area (Å²) < 4.78 is 71.8. The van der Waals surface area contributed by atoms with E-state index in [1.165, 1.54) is 7.11 Å². The first-order valence-electron chi connectivity index (χ1n) is 4.63. The van der Waals surface area contributed by atoms with Gasteiger partial charge in [-0.2, -0.15) is 0 Å². The molecule has 0 spiro atoms. The minimum atomic E-state index is -9.98. The monoisotopic (exact) mass is 308 g/mol. The number of carbonyl (C=O) groups excluding carboxylic acids is 1. The van der Waals surface area contributed by atoms with Crippen LogP contribution in [0, 0.1) is 0 Å². The van der Waals surface area contributed by atoms with Gasteiger partial charge in [0.15, 0.2) is 0 Å². The predicted octanol–water partition coefficient (Wildman–Crippen LogP) is 3.83. The molecular formula is C9H9F5O4S. The first-order valence-corrected chi connectivity index (χ1v) is 6.50. The molecule has 0 radical (unpaired) electrons. The molecule has 0 saturated carbocycles. The normalized spacial score (nSPS) is 15.3. The number of methoxy groups -OCH3 is 1. The van der Waals surface area contributed by atoms with Gasteiger partial charge in [-0.1, -0.05) is 19.4 Å². The summed E-state index contributed by atoms with van der Waals surface area (Å²) in [4.78, 5) is 11.0. The van der Waals surface area contributed by atoms with Crippen LogP contribution in [-0.2, 0) is 9.53 Å². The lowest BCUT2D eigenvalue weighted by Gasteiger charge is -2.39. The van der Waals surface area contributed by atoms with Gasteiger partial charge in [-0.25, -0.2) is 4.79 Å². The number of hydrogen-bond donors (Lipinski definition) is 0. The molecule has 0 bridgehead atoms. The first kappa shape index (κ1) is 15.5. The van der Waals surface area contributed by atoms with Crippen molar-refractivity contribution in [1.29, 1.82) is 0 Å². The van der Waals surface area contributed by atoms with Crippen molar-refractivity contribution >= 4 is 16.5 Å². The largest absolute Gasteiger partial charge is 0.435 e. The molecule has 0 aliphatic heterocycles. The summed E-state index contributed by atoms with van der Waals surface area (Å²) >= 11 is 0. The van der Waals surface area contributed by atoms with Gasteiger partial charge in [0.25, 0.3) is 0 Å². The number of esters is 1. The molecule has 0 aliphatic rings. The number of carbonyl (C=O) groups is 1. The fraction of sp³-hybridized carbons (Fsp3) is 0.222. The minimum Gasteiger partial charge on any atom is -0.425 e. The average Bonchev–Trinajstić information content (AvgIpc) is 2.17. The zero-order valence-electron chi connectivity index (χ0n) is 9.45. The minimum absolute atomic E-state index is 0.128. The number of hydrogen-bond acceptors (Lipinski definition) is 4. The molecule has 110 valence electrons. The third-order valence-corrected chi connectivity index (χ3v) is 2.08. The molecule has 0 aromatic heterocycles. The fourth-order valence-electron chi connectivity index (χ4n) is 1.02. The third kappa shape index (κ3) is 6.82. The van der Waals surface area contributed by atoms with E-state index in [4.69, 9.17) is 0 Å². The van der Waals surface area contributed by atoms with Gasteiger partial charge in [0.05, 0.1) is 0 Å². The van der Waals surface area contributed by atoms with Crippen LogP contribution >= 0.6 is 10.5 Å². The Morgan fingerprint density at radius 1 is 1.05 bits per heavy atom. The van der Waals surface area contributed by atoms with Gasteiger partial charge in [0.1, 0.15) is 18.1 Å². The molecule has 0 amide bonds. The van der Waals surface area contributed by atoms with Crippen LogP contribution in [0.25, 0.3) is 0 Å². The van der Waals surface area contributed by atoms with Crippen LogP contribution in [0.2, 0.25) is 0 Å². The van der Waals surface area contributed by atoms with Crippen LogP contribution in [0.3, 0.4) is 0 Å². The van der Waals surface area contributed by atoms with Crippen molar-refractivity contribution in [1.82, 2.24) is 0 Å². The standard InChI is InChI=1S/C9H9F5O4S/c1-16-6-9(15)17-7-2-4-8(5-3-7)18-19(10,11,12,13)14/h2-5H,6H2,1H3. The van der Waals surface area contributed by atoms with Crippen molar-refractivity contribution in [3.05, 3.63) is 24.3 Å². The summed E-state index contributed by atoms with van der Waals surface area (Å²) in [7, 11) is -8.74. The van der Waals surface area contributed by atoms with Crippen LogP contribution in [0.1, 0.15) is 0 Å². The van der Waals surface area contributed by atoms with Crippen LogP contribution in [-0.4, -0.2) is 19.7 Å². The fourth-order valence-corrected chi connectivity index (χ4v) is 1.50. The summed E-state index contributed by atoms with van der Waals surface area (Å²) in [6.07, 6.45) is 0. The molecule has 0 atom stereocenters. The molecule has 19 heavy (non-hydrogen) atoms. The molecule has 1 aromatic carbocycles. The Morgan fingerprint density at radius 2 is 1.53 bits per heavy atom. The summed E-state index contributed by atoms with van der Waals surface area (Å²) in [6.45, 7) is -0.357. The van der Waals surface area contributed by atoms with Gasteiger partial charge in [-0.3, -0.25) is 0 Å². The van der Waals surface area contributed by atoms with Gasteiger partial charge in [-0.15, -0.1) is 0 Å². The predicted molar refractivity (Wildman–Crippen MR) is 57.7 cm³/mol. The zero-order chi connectivity index (χ0) is 14.8. The van der Waals surface area contributed by atoms with Gasteiger partial charge in [-0.05, 0) is 24.3 Å². The second kappa shape index (κ2) is 4.23. The average molecular weight is 308 g/mol. The summed E-state index contributed by atoms with van der Waals surface area (Å²) in [5, 5.41) is 0. The van der Waals surface area contributed by atoms with Crippen LogP contribution in [0.15, 0.2) is 24.3 Å². The second-order valence-corrected chi connectivity index (χ2v) is 5.32. The second-order valence-electron chi connectivity index (χ2n) is 3.36. The van der Waals surface area contributed by atoms with E-state index >= 15 is 0 Å². The van der Waals surface area contributed by atoms with Crippen molar-refractivity contribution in [2.24, 2.45) is 0 Å². The van der Waals surface area contributed by atoms with Crippen molar-refractivity contribution < 1.29 is 37.9 Å². The lowest BCUT2D eigenvalue weighted by molar-refractivity contribution is -0.138. The Balaban J connectivity index is 2.76. The summed E-state index contributed by atoms with van der Waals surface area (Å²) in [6, 6.07) is 2.97. The van der Waals surface area contributed by atoms with E-state index in [-0.39, 0.29) is 12.4 Å². The molecule has 10 heteroatoms. The molecule has 0 N–H and O–H groups in total. The number of rotatable bonds is 5. The quantitative estimate of drug-likeness (QED) is 0.471. The SMILES string of the molecule is COCC(=O)Oc1ccc(OS(F)(F)(F)(F)F)cc1. The third-order valence-electron chi connectivity index (χ3n) is 1.57. The Bertz CT molecular complexity index is 469. The maximum Gasteiger partial charge on any atom is 0.435 e. The lowest BCUT2D eigenvalue weighted by Crippen LogP contribution is -2.15. The van der Waals surface area contributed by atoms with E-state index < -0.39 is 22.2 Å². The Hall–Kier alpha value is -1.55. The van der Waals surface area contributed by atoms with Crippen molar-refractivity contribution in [3.63, 3.8) is 0 Å². The van der Waals surface area contributed by atoms with E-state index in [1.807, 2.05) is 0 Å². The van der Waals surface area contributed by atoms with Crippen LogP contribution in [0.5, 0.6) is 11.5 Å². The highest BCUT2D eigenvalue weighted by Gasteiger charge is 2.67. The topological polar surface area (TPSA) is 44.8 Å². The van der Waals surface area contributed by atoms with E-state index in [0.29, 0.717) is 12.1 Å². The number of ether oxygens (including phenoxy) is 2. The molecule has 4 nitrogen and oxygen atoms in total. The van der Waals surface area contributed by atoms with Crippen molar-refractivity contribution in [2.45, 2.75) is 0 Å². The lowest BCUT2D eigenvalue weighted by atomic mass is 10.3.